The summed E-state index contributed by atoms with van der Waals surface area (Å²) in [6.07, 6.45) is 2.28. The molecule has 12 heteroatoms. The second-order valence-corrected chi connectivity index (χ2v) is 12.0. The number of likely N-dealkylation sites (N-methyl/N-ethyl adjacent to an activating group) is 1. The van der Waals surface area contributed by atoms with Crippen LogP contribution in [0.25, 0.3) is 0 Å². The highest BCUT2D eigenvalue weighted by Gasteiger charge is 2.36. The molecular weight excluding hydrogens is 548 g/mol. The van der Waals surface area contributed by atoms with Gasteiger partial charge in [-0.05, 0) is 55.5 Å². The minimum atomic E-state index is -3.89. The van der Waals surface area contributed by atoms with Crippen molar-refractivity contribution in [3.63, 3.8) is 0 Å². The number of carbonyl (C=O) groups excluding carboxylic acids is 2. The molecule has 0 radical (unpaired) electrons. The van der Waals surface area contributed by atoms with Gasteiger partial charge in [0.25, 0.3) is 11.8 Å². The summed E-state index contributed by atoms with van der Waals surface area (Å²) in [6, 6.07) is 13.5. The number of rotatable bonds is 9. The Morgan fingerprint density at radius 1 is 1.20 bits per heavy atom. The molecular formula is C29H34N4O7S. The molecule has 4 rings (SSSR count). The maximum absolute atomic E-state index is 13.7. The number of aliphatic hydroxyl groups is 1. The molecule has 3 aromatic rings. The van der Waals surface area contributed by atoms with Crippen LogP contribution >= 0.6 is 0 Å². The van der Waals surface area contributed by atoms with Crippen molar-refractivity contribution in [1.29, 1.82) is 0 Å². The molecule has 2 N–H and O–H groups in total. The first-order chi connectivity index (χ1) is 19.6. The molecule has 0 saturated carbocycles. The van der Waals surface area contributed by atoms with Gasteiger partial charge in [-0.1, -0.05) is 13.0 Å². The Labute approximate surface area is 239 Å². The predicted octanol–water partition coefficient (Wildman–Crippen LogP) is 2.88. The number of amides is 2. The number of anilines is 1. The first-order valence-corrected chi connectivity index (χ1v) is 14.5. The Kier molecular flexibility index (Phi) is 9.26. The summed E-state index contributed by atoms with van der Waals surface area (Å²) in [6.45, 7) is 3.50. The number of hydrogen-bond donors (Lipinski definition) is 2. The van der Waals surface area contributed by atoms with E-state index in [-0.39, 0.29) is 53.4 Å². The molecule has 0 saturated heterocycles. The molecule has 1 aromatic heterocycles. The van der Waals surface area contributed by atoms with Crippen molar-refractivity contribution in [3.8, 4) is 11.5 Å². The van der Waals surface area contributed by atoms with E-state index in [1.807, 2.05) is 6.92 Å². The first-order valence-electron chi connectivity index (χ1n) is 13.1. The standard InChI is InChI=1S/C29H34N4O7S/c1-19-16-33(20(2)18-34)29(36)24-6-5-7-25(31-28(35)21-12-14-30-15-13-21)27(24)40-26(19)17-32(3)41(37,38)23-10-8-22(39-4)9-11-23/h5-15,19-20,26,34H,16-18H2,1-4H3,(H,31,35)/t19-,20-,26+/m0/s1. The van der Waals surface area contributed by atoms with Crippen molar-refractivity contribution in [1.82, 2.24) is 14.2 Å². The highest BCUT2D eigenvalue weighted by atomic mass is 32.2. The van der Waals surface area contributed by atoms with Gasteiger partial charge in [0.05, 0.1) is 42.4 Å². The summed E-state index contributed by atoms with van der Waals surface area (Å²) in [4.78, 5) is 32.2. The molecule has 3 atom stereocenters. The predicted molar refractivity (Wildman–Crippen MR) is 153 cm³/mol. The maximum Gasteiger partial charge on any atom is 0.258 e. The lowest BCUT2D eigenvalue weighted by molar-refractivity contribution is 0.0388. The zero-order valence-electron chi connectivity index (χ0n) is 23.4. The Hall–Kier alpha value is -4.00. The van der Waals surface area contributed by atoms with Crippen LogP contribution in [0.15, 0.2) is 71.9 Å². The zero-order valence-corrected chi connectivity index (χ0v) is 24.2. The fourth-order valence-electron chi connectivity index (χ4n) is 4.54. The van der Waals surface area contributed by atoms with E-state index in [0.29, 0.717) is 11.3 Å². The van der Waals surface area contributed by atoms with Crippen LogP contribution in [0.3, 0.4) is 0 Å². The number of ether oxygens (including phenoxy) is 2. The van der Waals surface area contributed by atoms with Crippen LogP contribution in [-0.2, 0) is 10.0 Å². The molecule has 2 amide bonds. The van der Waals surface area contributed by atoms with E-state index in [1.165, 1.54) is 43.0 Å². The van der Waals surface area contributed by atoms with Crippen LogP contribution < -0.4 is 14.8 Å². The monoisotopic (exact) mass is 582 g/mol. The summed E-state index contributed by atoms with van der Waals surface area (Å²) < 4.78 is 39.6. The Morgan fingerprint density at radius 2 is 1.88 bits per heavy atom. The number of pyridine rings is 1. The number of hydrogen-bond acceptors (Lipinski definition) is 8. The Balaban J connectivity index is 1.71. The van der Waals surface area contributed by atoms with Crippen LogP contribution in [-0.4, -0.2) is 85.5 Å². The zero-order chi connectivity index (χ0) is 29.7. The molecule has 0 bridgehead atoms. The minimum absolute atomic E-state index is 0.0445. The molecule has 0 spiro atoms. The topological polar surface area (TPSA) is 138 Å². The fourth-order valence-corrected chi connectivity index (χ4v) is 5.72. The van der Waals surface area contributed by atoms with Gasteiger partial charge in [-0.2, -0.15) is 4.31 Å². The summed E-state index contributed by atoms with van der Waals surface area (Å²) in [7, 11) is -0.930. The van der Waals surface area contributed by atoms with E-state index in [0.717, 1.165) is 0 Å². The van der Waals surface area contributed by atoms with Gasteiger partial charge in [-0.25, -0.2) is 8.42 Å². The molecule has 218 valence electrons. The van der Waals surface area contributed by atoms with Gasteiger partial charge < -0.3 is 24.8 Å². The number of fused-ring (bicyclic) bond motifs is 1. The van der Waals surface area contributed by atoms with Crippen molar-refractivity contribution in [2.24, 2.45) is 5.92 Å². The van der Waals surface area contributed by atoms with E-state index in [1.54, 1.807) is 54.3 Å². The number of benzene rings is 2. The number of aromatic nitrogens is 1. The lowest BCUT2D eigenvalue weighted by Crippen LogP contribution is -2.50. The summed E-state index contributed by atoms with van der Waals surface area (Å²) in [5, 5.41) is 12.7. The normalized spacial score (nSPS) is 18.1. The fraction of sp³-hybridized carbons (Fsp3) is 0.345. The molecule has 2 aromatic carbocycles. The van der Waals surface area contributed by atoms with E-state index < -0.39 is 28.1 Å². The van der Waals surface area contributed by atoms with Crippen molar-refractivity contribution in [3.05, 3.63) is 78.1 Å². The van der Waals surface area contributed by atoms with Crippen LogP contribution in [0.4, 0.5) is 5.69 Å². The first kappa shape index (κ1) is 30.0. The number of nitrogens with zero attached hydrogens (tertiary/aromatic N) is 3. The molecule has 0 unspecified atom stereocenters. The number of nitrogens with one attached hydrogen (secondary N) is 1. The van der Waals surface area contributed by atoms with Gasteiger partial charge in [-0.3, -0.25) is 14.6 Å². The third-order valence-electron chi connectivity index (χ3n) is 7.09. The number of methoxy groups -OCH3 is 1. The van der Waals surface area contributed by atoms with Gasteiger partial charge >= 0.3 is 0 Å². The molecule has 41 heavy (non-hydrogen) atoms. The number of aliphatic hydroxyl groups excluding tert-OH is 1. The van der Waals surface area contributed by atoms with Gasteiger partial charge in [0.2, 0.25) is 10.0 Å². The minimum Gasteiger partial charge on any atom is -0.497 e. The third-order valence-corrected chi connectivity index (χ3v) is 8.92. The highest BCUT2D eigenvalue weighted by molar-refractivity contribution is 7.89. The molecule has 0 fully saturated rings. The lowest BCUT2D eigenvalue weighted by Gasteiger charge is -2.38. The maximum atomic E-state index is 13.7. The molecule has 1 aliphatic heterocycles. The van der Waals surface area contributed by atoms with Crippen molar-refractivity contribution >= 4 is 27.5 Å². The third kappa shape index (κ3) is 6.50. The average Bonchev–Trinajstić information content (AvgIpc) is 2.99. The van der Waals surface area contributed by atoms with E-state index in [4.69, 9.17) is 9.47 Å². The van der Waals surface area contributed by atoms with Gasteiger partial charge in [0.1, 0.15) is 11.9 Å². The smallest absolute Gasteiger partial charge is 0.258 e. The van der Waals surface area contributed by atoms with Crippen molar-refractivity contribution < 1.29 is 32.6 Å². The van der Waals surface area contributed by atoms with Crippen molar-refractivity contribution in [2.45, 2.75) is 30.9 Å². The second kappa shape index (κ2) is 12.7. The summed E-state index contributed by atoms with van der Waals surface area (Å²) in [5.41, 5.74) is 0.810. The largest absolute Gasteiger partial charge is 0.497 e. The molecule has 11 nitrogen and oxygen atoms in total. The van der Waals surface area contributed by atoms with Gasteiger partial charge in [0.15, 0.2) is 5.75 Å². The highest BCUT2D eigenvalue weighted by Crippen LogP contribution is 2.35. The molecule has 0 aliphatic carbocycles. The average molecular weight is 583 g/mol. The SMILES string of the molecule is COc1ccc(S(=O)(=O)N(C)C[C@H]2Oc3c(NC(=O)c4ccncc4)cccc3C(=O)N([C@@H](C)CO)C[C@@H]2C)cc1. The molecule has 1 aliphatic rings. The summed E-state index contributed by atoms with van der Waals surface area (Å²) >= 11 is 0. The Morgan fingerprint density at radius 3 is 2.51 bits per heavy atom. The van der Waals surface area contributed by atoms with Crippen LogP contribution in [0.1, 0.15) is 34.6 Å². The van der Waals surface area contributed by atoms with Gasteiger partial charge in [0, 0.05) is 37.5 Å². The summed E-state index contributed by atoms with van der Waals surface area (Å²) in [5.74, 6) is -0.487. The number of carbonyl (C=O) groups is 2. The molecule has 2 heterocycles. The van der Waals surface area contributed by atoms with Crippen molar-refractivity contribution in [2.75, 3.05) is 39.2 Å². The van der Waals surface area contributed by atoms with Crippen LogP contribution in [0.5, 0.6) is 11.5 Å². The lowest BCUT2D eigenvalue weighted by atomic mass is 9.99. The second-order valence-electron chi connectivity index (χ2n) is 9.96. The van der Waals surface area contributed by atoms with E-state index >= 15 is 0 Å². The van der Waals surface area contributed by atoms with E-state index in [9.17, 15) is 23.1 Å². The van der Waals surface area contributed by atoms with Crippen LogP contribution in [0, 0.1) is 5.92 Å². The van der Waals surface area contributed by atoms with E-state index in [2.05, 4.69) is 10.3 Å². The quantitative estimate of drug-likeness (QED) is 0.393. The van der Waals surface area contributed by atoms with Gasteiger partial charge in [-0.15, -0.1) is 0 Å². The number of sulfonamides is 1. The number of para-hydroxylation sites is 1. The van der Waals surface area contributed by atoms with Crippen LogP contribution in [0.2, 0.25) is 0 Å². The Bertz CT molecular complexity index is 1480.